The Labute approximate surface area is 105 Å². The van der Waals surface area contributed by atoms with Crippen molar-refractivity contribution in [1.82, 2.24) is 19.7 Å². The van der Waals surface area contributed by atoms with Gasteiger partial charge in [-0.15, -0.1) is 0 Å². The molecule has 0 amide bonds. The minimum Gasteiger partial charge on any atom is -0.363 e. The number of aromatic amines is 1. The molecule has 0 aliphatic rings. The second-order valence-electron chi connectivity index (χ2n) is 3.79. The standard InChI is InChI=1S/C10H10F3N5O/c1-18-8(16-17-9(18)19)5-15-7-3-2-6(4-14-7)10(11,12)13/h2-4H,5H2,1H3,(H,14,15)(H,17,19). The highest BCUT2D eigenvalue weighted by atomic mass is 19.4. The Morgan fingerprint density at radius 2 is 2.16 bits per heavy atom. The fourth-order valence-corrected chi connectivity index (χ4v) is 1.37. The van der Waals surface area contributed by atoms with Crippen molar-refractivity contribution in [1.29, 1.82) is 0 Å². The number of halogens is 3. The first-order chi connectivity index (χ1) is 8.88. The van der Waals surface area contributed by atoms with Gasteiger partial charge in [-0.05, 0) is 12.1 Å². The Bertz CT molecular complexity index is 613. The molecular formula is C10H10F3N5O. The van der Waals surface area contributed by atoms with Crippen molar-refractivity contribution >= 4 is 5.82 Å². The third-order valence-electron chi connectivity index (χ3n) is 2.49. The van der Waals surface area contributed by atoms with Gasteiger partial charge >= 0.3 is 11.9 Å². The Balaban J connectivity index is 2.05. The van der Waals surface area contributed by atoms with Crippen molar-refractivity contribution in [2.45, 2.75) is 12.7 Å². The van der Waals surface area contributed by atoms with Gasteiger partial charge in [-0.25, -0.2) is 14.9 Å². The molecule has 0 unspecified atom stereocenters. The number of hydrogen-bond donors (Lipinski definition) is 2. The van der Waals surface area contributed by atoms with E-state index in [1.54, 1.807) is 0 Å². The zero-order valence-corrected chi connectivity index (χ0v) is 9.82. The predicted octanol–water partition coefficient (Wildman–Crippen LogP) is 1.13. The van der Waals surface area contributed by atoms with Crippen LogP contribution in [0.4, 0.5) is 19.0 Å². The van der Waals surface area contributed by atoms with Crippen molar-refractivity contribution < 1.29 is 13.2 Å². The van der Waals surface area contributed by atoms with Crippen LogP contribution in [0.15, 0.2) is 23.1 Å². The zero-order valence-electron chi connectivity index (χ0n) is 9.82. The summed E-state index contributed by atoms with van der Waals surface area (Å²) in [5.74, 6) is 0.690. The Morgan fingerprint density at radius 3 is 2.63 bits per heavy atom. The molecule has 0 fully saturated rings. The van der Waals surface area contributed by atoms with Crippen LogP contribution in [0.2, 0.25) is 0 Å². The molecule has 6 nitrogen and oxygen atoms in total. The number of aromatic nitrogens is 4. The number of anilines is 1. The predicted molar refractivity (Wildman–Crippen MR) is 60.4 cm³/mol. The number of rotatable bonds is 3. The highest BCUT2D eigenvalue weighted by Crippen LogP contribution is 2.28. The maximum atomic E-state index is 12.3. The molecule has 0 saturated heterocycles. The maximum Gasteiger partial charge on any atom is 0.417 e. The molecule has 0 atom stereocenters. The molecule has 2 rings (SSSR count). The van der Waals surface area contributed by atoms with E-state index in [0.29, 0.717) is 5.82 Å². The van der Waals surface area contributed by atoms with Crippen LogP contribution in [0.5, 0.6) is 0 Å². The first kappa shape index (κ1) is 13.1. The summed E-state index contributed by atoms with van der Waals surface area (Å²) in [5, 5.41) is 8.77. The van der Waals surface area contributed by atoms with Crippen LogP contribution >= 0.6 is 0 Å². The Hall–Kier alpha value is -2.32. The van der Waals surface area contributed by atoms with Crippen molar-refractivity contribution in [2.75, 3.05) is 5.32 Å². The van der Waals surface area contributed by atoms with E-state index in [-0.39, 0.29) is 18.1 Å². The van der Waals surface area contributed by atoms with Gasteiger partial charge in [0.05, 0.1) is 12.1 Å². The molecule has 102 valence electrons. The van der Waals surface area contributed by atoms with Gasteiger partial charge in [0.25, 0.3) is 0 Å². The summed E-state index contributed by atoms with van der Waals surface area (Å²) in [4.78, 5) is 14.7. The van der Waals surface area contributed by atoms with Crippen LogP contribution in [-0.4, -0.2) is 19.7 Å². The first-order valence-electron chi connectivity index (χ1n) is 5.25. The average molecular weight is 273 g/mol. The molecule has 2 heterocycles. The van der Waals surface area contributed by atoms with Gasteiger partial charge in [-0.2, -0.15) is 18.3 Å². The van der Waals surface area contributed by atoms with E-state index in [1.807, 2.05) is 0 Å². The van der Waals surface area contributed by atoms with E-state index in [9.17, 15) is 18.0 Å². The SMILES string of the molecule is Cn1c(CNc2ccc(C(F)(F)F)cn2)n[nH]c1=O. The summed E-state index contributed by atoms with van der Waals surface area (Å²) in [6, 6.07) is 2.15. The van der Waals surface area contributed by atoms with Crippen LogP contribution in [0.1, 0.15) is 11.4 Å². The van der Waals surface area contributed by atoms with Crippen LogP contribution < -0.4 is 11.0 Å². The molecule has 0 radical (unpaired) electrons. The minimum atomic E-state index is -4.41. The van der Waals surface area contributed by atoms with E-state index in [2.05, 4.69) is 20.5 Å². The number of hydrogen-bond acceptors (Lipinski definition) is 4. The van der Waals surface area contributed by atoms with Crippen molar-refractivity contribution in [3.05, 3.63) is 40.2 Å². The third kappa shape index (κ3) is 2.92. The lowest BCUT2D eigenvalue weighted by atomic mass is 10.3. The summed E-state index contributed by atoms with van der Waals surface area (Å²) in [6.45, 7) is 0.174. The molecule has 19 heavy (non-hydrogen) atoms. The largest absolute Gasteiger partial charge is 0.417 e. The summed E-state index contributed by atoms with van der Waals surface area (Å²) in [5.41, 5.74) is -1.18. The molecule has 0 spiro atoms. The van der Waals surface area contributed by atoms with Crippen LogP contribution in [0.3, 0.4) is 0 Å². The van der Waals surface area contributed by atoms with E-state index < -0.39 is 11.7 Å². The fourth-order valence-electron chi connectivity index (χ4n) is 1.37. The molecule has 2 aromatic rings. The van der Waals surface area contributed by atoms with Gasteiger partial charge in [0.1, 0.15) is 5.82 Å². The van der Waals surface area contributed by atoms with Crippen LogP contribution in [0, 0.1) is 0 Å². The van der Waals surface area contributed by atoms with E-state index >= 15 is 0 Å². The normalized spacial score (nSPS) is 11.6. The van der Waals surface area contributed by atoms with Crippen molar-refractivity contribution in [2.24, 2.45) is 7.05 Å². The maximum absolute atomic E-state index is 12.3. The highest BCUT2D eigenvalue weighted by Gasteiger charge is 2.30. The van der Waals surface area contributed by atoms with Gasteiger partial charge in [0.2, 0.25) is 0 Å². The van der Waals surface area contributed by atoms with Gasteiger partial charge in [0.15, 0.2) is 5.82 Å². The number of pyridine rings is 1. The highest BCUT2D eigenvalue weighted by molar-refractivity contribution is 5.36. The van der Waals surface area contributed by atoms with Gasteiger partial charge < -0.3 is 5.32 Å². The van der Waals surface area contributed by atoms with Crippen molar-refractivity contribution in [3.8, 4) is 0 Å². The first-order valence-corrected chi connectivity index (χ1v) is 5.25. The average Bonchev–Trinajstić information content (AvgIpc) is 2.67. The zero-order chi connectivity index (χ0) is 14.0. The molecule has 9 heteroatoms. The second-order valence-corrected chi connectivity index (χ2v) is 3.79. The molecule has 0 bridgehead atoms. The van der Waals surface area contributed by atoms with Gasteiger partial charge in [0, 0.05) is 13.2 Å². The molecule has 0 saturated carbocycles. The van der Waals surface area contributed by atoms with Crippen LogP contribution in [-0.2, 0) is 19.8 Å². The lowest BCUT2D eigenvalue weighted by Gasteiger charge is -2.08. The van der Waals surface area contributed by atoms with E-state index in [4.69, 9.17) is 0 Å². The van der Waals surface area contributed by atoms with Crippen molar-refractivity contribution in [3.63, 3.8) is 0 Å². The lowest BCUT2D eigenvalue weighted by molar-refractivity contribution is -0.137. The Kier molecular flexibility index (Phi) is 3.28. The Morgan fingerprint density at radius 1 is 1.42 bits per heavy atom. The lowest BCUT2D eigenvalue weighted by Crippen LogP contribution is -2.16. The molecular weight excluding hydrogens is 263 g/mol. The fraction of sp³-hybridized carbons (Fsp3) is 0.300. The second kappa shape index (κ2) is 4.75. The molecule has 0 aromatic carbocycles. The topological polar surface area (TPSA) is 75.6 Å². The van der Waals surface area contributed by atoms with Gasteiger partial charge in [-0.1, -0.05) is 0 Å². The molecule has 0 aliphatic heterocycles. The number of nitrogens with zero attached hydrogens (tertiary/aromatic N) is 3. The molecule has 0 aliphatic carbocycles. The quantitative estimate of drug-likeness (QED) is 0.879. The minimum absolute atomic E-state index is 0.174. The monoisotopic (exact) mass is 273 g/mol. The summed E-state index contributed by atoms with van der Waals surface area (Å²) < 4.78 is 38.2. The van der Waals surface area contributed by atoms with Gasteiger partial charge in [-0.3, -0.25) is 4.57 Å². The molecule has 2 N–H and O–H groups in total. The smallest absolute Gasteiger partial charge is 0.363 e. The summed E-state index contributed by atoms with van der Waals surface area (Å²) >= 11 is 0. The van der Waals surface area contributed by atoms with E-state index in [1.165, 1.54) is 17.7 Å². The number of alkyl halides is 3. The summed E-state index contributed by atoms with van der Waals surface area (Å²) in [6.07, 6.45) is -3.66. The summed E-state index contributed by atoms with van der Waals surface area (Å²) in [7, 11) is 1.53. The third-order valence-corrected chi connectivity index (χ3v) is 2.49. The van der Waals surface area contributed by atoms with E-state index in [0.717, 1.165) is 12.3 Å². The van der Waals surface area contributed by atoms with Crippen LogP contribution in [0.25, 0.3) is 0 Å². The number of H-pyrrole nitrogens is 1. The number of nitrogens with one attached hydrogen (secondary N) is 2. The molecule has 2 aromatic heterocycles.